The molecule has 2 nitrogen and oxygen atoms in total. The van der Waals surface area contributed by atoms with Crippen molar-refractivity contribution < 1.29 is 0 Å². The smallest absolute Gasteiger partial charge is 0.0244 e. The van der Waals surface area contributed by atoms with Crippen molar-refractivity contribution in [1.82, 2.24) is 10.2 Å². The molecule has 0 aromatic carbocycles. The topological polar surface area (TPSA) is 17.3 Å². The van der Waals surface area contributed by atoms with E-state index in [-0.39, 0.29) is 0 Å². The predicted octanol–water partition coefficient (Wildman–Crippen LogP) is 0.459. The Morgan fingerprint density at radius 1 is 1.20 bits per heavy atom. The molecule has 0 aromatic rings. The lowest BCUT2D eigenvalue weighted by Gasteiger charge is -2.53. The maximum atomic E-state index is 4.36. The molecule has 2 heteroatoms. The summed E-state index contributed by atoms with van der Waals surface area (Å²) in [6.45, 7) is 3.51. The Bertz CT molecular complexity index is 127. The van der Waals surface area contributed by atoms with Crippen LogP contribution in [0, 0.1) is 0 Å². The predicted molar refractivity (Wildman–Crippen MR) is 41.1 cm³/mol. The zero-order chi connectivity index (χ0) is 7.03. The quantitative estimate of drug-likeness (QED) is 0.476. The summed E-state index contributed by atoms with van der Waals surface area (Å²) in [5.74, 6) is 0. The molecule has 1 radical (unpaired) electrons. The van der Waals surface area contributed by atoms with Gasteiger partial charge in [0.2, 0.25) is 0 Å². The van der Waals surface area contributed by atoms with Crippen LogP contribution in [0.3, 0.4) is 0 Å². The lowest BCUT2D eigenvalue weighted by Crippen LogP contribution is -2.60. The molecular formula is C8H15N2. The summed E-state index contributed by atoms with van der Waals surface area (Å²) in [4.78, 5) is 2.50. The molecule has 2 fully saturated rings. The van der Waals surface area contributed by atoms with Crippen molar-refractivity contribution in [2.24, 2.45) is 0 Å². The van der Waals surface area contributed by atoms with Crippen LogP contribution in [-0.2, 0) is 0 Å². The second-order valence-corrected chi connectivity index (χ2v) is 3.57. The molecule has 2 saturated heterocycles. The second kappa shape index (κ2) is 2.21. The van der Waals surface area contributed by atoms with E-state index in [2.05, 4.69) is 17.3 Å². The Balaban J connectivity index is 1.99. The zero-order valence-electron chi connectivity index (χ0n) is 6.64. The minimum Gasteiger partial charge on any atom is -0.300 e. The van der Waals surface area contributed by atoms with Gasteiger partial charge in [0.1, 0.15) is 0 Å². The minimum absolute atomic E-state index is 0.599. The number of hydrogen-bond donors (Lipinski definition) is 0. The Kier molecular flexibility index (Phi) is 1.46. The summed E-state index contributed by atoms with van der Waals surface area (Å²) < 4.78 is 0. The van der Waals surface area contributed by atoms with Gasteiger partial charge in [-0.2, -0.15) is 0 Å². The van der Waals surface area contributed by atoms with Gasteiger partial charge in [-0.3, -0.25) is 0 Å². The van der Waals surface area contributed by atoms with Crippen LogP contribution >= 0.6 is 0 Å². The Labute approximate surface area is 62.6 Å². The first kappa shape index (κ1) is 6.62. The first-order chi connectivity index (χ1) is 4.83. The maximum Gasteiger partial charge on any atom is 0.0244 e. The molecule has 0 amide bonds. The maximum absolute atomic E-state index is 4.36. The number of likely N-dealkylation sites (tertiary alicyclic amines) is 1. The van der Waals surface area contributed by atoms with Crippen LogP contribution < -0.4 is 5.32 Å². The molecule has 2 rings (SSSR count). The minimum atomic E-state index is 0.599. The molecule has 10 heavy (non-hydrogen) atoms. The summed E-state index contributed by atoms with van der Waals surface area (Å²) in [5.41, 5.74) is 0.599. The van der Waals surface area contributed by atoms with Gasteiger partial charge < -0.3 is 4.90 Å². The fourth-order valence-electron chi connectivity index (χ4n) is 2.09. The largest absolute Gasteiger partial charge is 0.300 e. The van der Waals surface area contributed by atoms with Crippen molar-refractivity contribution >= 4 is 0 Å². The van der Waals surface area contributed by atoms with Gasteiger partial charge >= 0.3 is 0 Å². The Morgan fingerprint density at radius 2 is 1.90 bits per heavy atom. The molecule has 0 atom stereocenters. The van der Waals surface area contributed by atoms with E-state index in [9.17, 15) is 0 Å². The van der Waals surface area contributed by atoms with E-state index in [1.165, 1.54) is 25.8 Å². The van der Waals surface area contributed by atoms with Crippen molar-refractivity contribution in [3.63, 3.8) is 0 Å². The standard InChI is InChI=1S/C8H15N2/c1-10-7-4-8(10)2-5-9-6-3-8/h2-7H2,1H3. The molecule has 0 saturated carbocycles. The first-order valence-corrected chi connectivity index (χ1v) is 4.18. The summed E-state index contributed by atoms with van der Waals surface area (Å²) in [5, 5.41) is 4.36. The van der Waals surface area contributed by atoms with Crippen molar-refractivity contribution in [2.45, 2.75) is 24.8 Å². The SMILES string of the molecule is CN1CCC12CC[N]CC2. The first-order valence-electron chi connectivity index (χ1n) is 4.18. The van der Waals surface area contributed by atoms with Gasteiger partial charge in [0.25, 0.3) is 0 Å². The normalized spacial score (nSPS) is 32.1. The van der Waals surface area contributed by atoms with Crippen molar-refractivity contribution in [2.75, 3.05) is 26.7 Å². The molecule has 2 aliphatic heterocycles. The van der Waals surface area contributed by atoms with Crippen LogP contribution in [0.25, 0.3) is 0 Å². The van der Waals surface area contributed by atoms with E-state index in [1.807, 2.05) is 0 Å². The number of rotatable bonds is 0. The van der Waals surface area contributed by atoms with E-state index in [4.69, 9.17) is 0 Å². The number of hydrogen-bond acceptors (Lipinski definition) is 1. The van der Waals surface area contributed by atoms with E-state index < -0.39 is 0 Å². The zero-order valence-corrected chi connectivity index (χ0v) is 6.64. The third-order valence-corrected chi connectivity index (χ3v) is 3.19. The second-order valence-electron chi connectivity index (χ2n) is 3.57. The van der Waals surface area contributed by atoms with Crippen LogP contribution in [0.15, 0.2) is 0 Å². The molecule has 0 aliphatic carbocycles. The summed E-state index contributed by atoms with van der Waals surface area (Å²) >= 11 is 0. The lowest BCUT2D eigenvalue weighted by molar-refractivity contribution is -0.0145. The molecule has 2 aliphatic rings. The third kappa shape index (κ3) is 0.789. The van der Waals surface area contributed by atoms with Gasteiger partial charge in [-0.1, -0.05) is 0 Å². The average Bonchev–Trinajstić information content (AvgIpc) is 2.04. The van der Waals surface area contributed by atoms with Crippen LogP contribution in [-0.4, -0.2) is 37.1 Å². The van der Waals surface area contributed by atoms with Gasteiger partial charge in [0.05, 0.1) is 0 Å². The van der Waals surface area contributed by atoms with Crippen LogP contribution in [0.4, 0.5) is 0 Å². The number of nitrogens with zero attached hydrogens (tertiary/aromatic N) is 2. The Morgan fingerprint density at radius 3 is 2.20 bits per heavy atom. The van der Waals surface area contributed by atoms with Crippen LogP contribution in [0.5, 0.6) is 0 Å². The lowest BCUT2D eigenvalue weighted by atomic mass is 9.77. The summed E-state index contributed by atoms with van der Waals surface area (Å²) in [6, 6.07) is 0. The number of piperidine rings is 1. The van der Waals surface area contributed by atoms with Crippen molar-refractivity contribution in [3.8, 4) is 0 Å². The molecule has 0 aromatic heterocycles. The molecular weight excluding hydrogens is 124 g/mol. The molecule has 1 spiro atoms. The third-order valence-electron chi connectivity index (χ3n) is 3.19. The molecule has 57 valence electrons. The summed E-state index contributed by atoms with van der Waals surface area (Å²) in [6.07, 6.45) is 4.03. The molecule has 2 heterocycles. The van der Waals surface area contributed by atoms with Gasteiger partial charge in [-0.15, -0.1) is 0 Å². The highest BCUT2D eigenvalue weighted by Gasteiger charge is 2.42. The van der Waals surface area contributed by atoms with Gasteiger partial charge in [0.15, 0.2) is 0 Å². The monoisotopic (exact) mass is 139 g/mol. The average molecular weight is 139 g/mol. The van der Waals surface area contributed by atoms with Gasteiger partial charge in [-0.25, -0.2) is 5.32 Å². The van der Waals surface area contributed by atoms with E-state index >= 15 is 0 Å². The fraction of sp³-hybridized carbons (Fsp3) is 1.00. The van der Waals surface area contributed by atoms with E-state index in [0.29, 0.717) is 5.54 Å². The summed E-state index contributed by atoms with van der Waals surface area (Å²) in [7, 11) is 2.24. The van der Waals surface area contributed by atoms with E-state index in [0.717, 1.165) is 13.1 Å². The highest BCUT2D eigenvalue weighted by Crippen LogP contribution is 2.36. The van der Waals surface area contributed by atoms with Gasteiger partial charge in [0, 0.05) is 25.2 Å². The van der Waals surface area contributed by atoms with Crippen molar-refractivity contribution in [3.05, 3.63) is 0 Å². The fourth-order valence-corrected chi connectivity index (χ4v) is 2.09. The molecule has 0 unspecified atom stereocenters. The Hall–Kier alpha value is -0.0800. The highest BCUT2D eigenvalue weighted by molar-refractivity contribution is 5.00. The molecule has 0 bridgehead atoms. The highest BCUT2D eigenvalue weighted by atomic mass is 15.2. The van der Waals surface area contributed by atoms with Crippen LogP contribution in [0.1, 0.15) is 19.3 Å². The van der Waals surface area contributed by atoms with E-state index in [1.54, 1.807) is 0 Å². The van der Waals surface area contributed by atoms with Crippen molar-refractivity contribution in [1.29, 1.82) is 0 Å². The van der Waals surface area contributed by atoms with Crippen LogP contribution in [0.2, 0.25) is 0 Å². The molecule has 0 N–H and O–H groups in total. The van der Waals surface area contributed by atoms with Gasteiger partial charge in [-0.05, 0) is 26.3 Å².